The molecular formula is C21H21NOS. The molecule has 3 heteroatoms. The van der Waals surface area contributed by atoms with E-state index < -0.39 is 0 Å². The van der Waals surface area contributed by atoms with E-state index in [0.29, 0.717) is 17.1 Å². The van der Waals surface area contributed by atoms with Crippen molar-refractivity contribution >= 4 is 17.7 Å². The van der Waals surface area contributed by atoms with Crippen LogP contribution in [-0.2, 0) is 10.2 Å². The van der Waals surface area contributed by atoms with E-state index >= 15 is 0 Å². The number of amides is 1. The normalized spacial score (nSPS) is 38.8. The molecule has 1 amide bonds. The number of hydrogen-bond donors (Lipinski definition) is 1. The van der Waals surface area contributed by atoms with E-state index in [9.17, 15) is 4.79 Å². The van der Waals surface area contributed by atoms with Gasteiger partial charge in [0.2, 0.25) is 5.91 Å². The molecule has 2 aromatic carbocycles. The van der Waals surface area contributed by atoms with Gasteiger partial charge in [-0.15, -0.1) is 11.8 Å². The minimum absolute atomic E-state index is 0.0658. The van der Waals surface area contributed by atoms with Crippen LogP contribution in [0.3, 0.4) is 0 Å². The summed E-state index contributed by atoms with van der Waals surface area (Å²) in [7, 11) is 0. The molecule has 6 rings (SSSR count). The highest BCUT2D eigenvalue weighted by atomic mass is 32.2. The number of carbonyl (C=O) groups is 1. The van der Waals surface area contributed by atoms with Crippen molar-refractivity contribution in [3.8, 4) is 0 Å². The van der Waals surface area contributed by atoms with E-state index in [0.717, 1.165) is 19.3 Å². The van der Waals surface area contributed by atoms with E-state index in [4.69, 9.17) is 5.73 Å². The van der Waals surface area contributed by atoms with Crippen molar-refractivity contribution in [1.29, 1.82) is 0 Å². The zero-order valence-electron chi connectivity index (χ0n) is 13.5. The first kappa shape index (κ1) is 14.6. The molecule has 4 saturated carbocycles. The Morgan fingerprint density at radius 3 is 2.25 bits per heavy atom. The van der Waals surface area contributed by atoms with E-state index in [2.05, 4.69) is 60.7 Å². The van der Waals surface area contributed by atoms with Gasteiger partial charge in [0.05, 0.1) is 5.41 Å². The number of hydrogen-bond acceptors (Lipinski definition) is 2. The van der Waals surface area contributed by atoms with Crippen LogP contribution in [0.5, 0.6) is 0 Å². The third-order valence-electron chi connectivity index (χ3n) is 6.87. The van der Waals surface area contributed by atoms with Gasteiger partial charge in [-0.25, -0.2) is 0 Å². The molecule has 0 radical (unpaired) electrons. The maximum absolute atomic E-state index is 12.4. The minimum atomic E-state index is -0.271. The van der Waals surface area contributed by atoms with Gasteiger partial charge in [0.15, 0.2) is 0 Å². The van der Waals surface area contributed by atoms with Crippen LogP contribution in [0.15, 0.2) is 65.6 Å². The van der Waals surface area contributed by atoms with Crippen molar-refractivity contribution < 1.29 is 4.79 Å². The van der Waals surface area contributed by atoms with Crippen LogP contribution < -0.4 is 5.73 Å². The van der Waals surface area contributed by atoms with Gasteiger partial charge in [0.25, 0.3) is 0 Å². The lowest BCUT2D eigenvalue weighted by Crippen LogP contribution is -2.39. The molecular weight excluding hydrogens is 314 g/mol. The Labute approximate surface area is 146 Å². The molecule has 24 heavy (non-hydrogen) atoms. The number of nitrogens with two attached hydrogens (primary N) is 1. The van der Waals surface area contributed by atoms with E-state index in [-0.39, 0.29) is 16.7 Å². The number of thioether (sulfide) groups is 1. The maximum atomic E-state index is 12.4. The van der Waals surface area contributed by atoms with Gasteiger partial charge in [-0.2, -0.15) is 0 Å². The Bertz CT molecular complexity index is 792. The minimum Gasteiger partial charge on any atom is -0.369 e. The number of benzene rings is 2. The highest BCUT2D eigenvalue weighted by Crippen LogP contribution is 2.78. The summed E-state index contributed by atoms with van der Waals surface area (Å²) in [5.74, 6) is 0.914. The van der Waals surface area contributed by atoms with Gasteiger partial charge in [-0.3, -0.25) is 4.79 Å². The van der Waals surface area contributed by atoms with Crippen molar-refractivity contribution in [3.63, 3.8) is 0 Å². The van der Waals surface area contributed by atoms with Crippen molar-refractivity contribution in [3.05, 3.63) is 66.2 Å². The SMILES string of the molecule is NC(=O)C12CC3[C@H](Sc4ccccc4)C1CC3(c1ccccc1)C2. The number of carbonyl (C=O) groups excluding carboxylic acids is 1. The van der Waals surface area contributed by atoms with E-state index in [1.807, 2.05) is 11.8 Å². The fraction of sp³-hybridized carbons (Fsp3) is 0.381. The Hall–Kier alpha value is -1.74. The molecule has 4 aliphatic carbocycles. The van der Waals surface area contributed by atoms with Gasteiger partial charge in [0, 0.05) is 15.6 Å². The number of primary amides is 1. The average Bonchev–Trinajstić information content (AvgIpc) is 3.30. The summed E-state index contributed by atoms with van der Waals surface area (Å²) < 4.78 is 0. The molecule has 0 heterocycles. The zero-order valence-corrected chi connectivity index (χ0v) is 14.3. The van der Waals surface area contributed by atoms with Crippen LogP contribution in [0.1, 0.15) is 24.8 Å². The predicted octanol–water partition coefficient (Wildman–Crippen LogP) is 4.00. The van der Waals surface area contributed by atoms with Crippen LogP contribution in [0.25, 0.3) is 0 Å². The summed E-state index contributed by atoms with van der Waals surface area (Å²) in [6.07, 6.45) is 3.06. The highest BCUT2D eigenvalue weighted by Gasteiger charge is 2.77. The zero-order chi connectivity index (χ0) is 16.4. The summed E-state index contributed by atoms with van der Waals surface area (Å²) in [6.45, 7) is 0. The Kier molecular flexibility index (Phi) is 2.97. The smallest absolute Gasteiger partial charge is 0.224 e. The fourth-order valence-corrected chi connectivity index (χ4v) is 7.65. The van der Waals surface area contributed by atoms with Crippen LogP contribution >= 0.6 is 11.8 Å². The first-order chi connectivity index (χ1) is 11.7. The topological polar surface area (TPSA) is 43.1 Å². The van der Waals surface area contributed by atoms with Gasteiger partial charge >= 0.3 is 0 Å². The standard InChI is InChI=1S/C21H21NOS/c22-19(23)21-12-16-18(24-15-9-5-2-6-10-15)17(21)11-20(16,13-21)14-7-3-1-4-8-14/h1-10,16-18H,11-13H2,(H2,22,23)/t16?,17?,18-,20?,21?/m0/s1. The molecule has 0 aromatic heterocycles. The fourth-order valence-electron chi connectivity index (χ4n) is 5.98. The molecule has 2 nitrogen and oxygen atoms in total. The Morgan fingerprint density at radius 2 is 1.62 bits per heavy atom. The molecule has 4 aliphatic rings. The molecule has 0 saturated heterocycles. The highest BCUT2D eigenvalue weighted by molar-refractivity contribution is 8.00. The molecule has 0 spiro atoms. The molecule has 2 aromatic rings. The number of rotatable bonds is 4. The lowest BCUT2D eigenvalue weighted by atomic mass is 9.74. The molecule has 122 valence electrons. The van der Waals surface area contributed by atoms with Gasteiger partial charge in [-0.1, -0.05) is 48.5 Å². The maximum Gasteiger partial charge on any atom is 0.224 e. The second-order valence-corrected chi connectivity index (χ2v) is 8.99. The average molecular weight is 335 g/mol. The van der Waals surface area contributed by atoms with E-state index in [1.54, 1.807) is 0 Å². The summed E-state index contributed by atoms with van der Waals surface area (Å²) in [5.41, 5.74) is 7.23. The first-order valence-electron chi connectivity index (χ1n) is 8.73. The van der Waals surface area contributed by atoms with Crippen molar-refractivity contribution in [2.75, 3.05) is 0 Å². The van der Waals surface area contributed by atoms with Crippen LogP contribution in [0.4, 0.5) is 0 Å². The molecule has 4 fully saturated rings. The summed E-state index contributed by atoms with van der Waals surface area (Å²) in [5, 5.41) is 0.508. The predicted molar refractivity (Wildman–Crippen MR) is 96.7 cm³/mol. The molecule has 2 N–H and O–H groups in total. The first-order valence-corrected chi connectivity index (χ1v) is 9.61. The van der Waals surface area contributed by atoms with Gasteiger partial charge in [-0.05, 0) is 48.8 Å². The third-order valence-corrected chi connectivity index (χ3v) is 8.34. The van der Waals surface area contributed by atoms with Crippen molar-refractivity contribution in [2.45, 2.75) is 34.8 Å². The van der Waals surface area contributed by atoms with Gasteiger partial charge < -0.3 is 5.73 Å². The molecule has 4 unspecified atom stereocenters. The lowest BCUT2D eigenvalue weighted by molar-refractivity contribution is -0.128. The monoisotopic (exact) mass is 335 g/mol. The lowest BCUT2D eigenvalue weighted by Gasteiger charge is -2.33. The quantitative estimate of drug-likeness (QED) is 0.918. The summed E-state index contributed by atoms with van der Waals surface area (Å²) in [6, 6.07) is 21.4. The Morgan fingerprint density at radius 1 is 0.958 bits per heavy atom. The molecule has 4 bridgehead atoms. The van der Waals surface area contributed by atoms with Crippen molar-refractivity contribution in [2.24, 2.45) is 23.0 Å². The third kappa shape index (κ3) is 1.71. The van der Waals surface area contributed by atoms with Crippen LogP contribution in [0.2, 0.25) is 0 Å². The Balaban J connectivity index is 1.56. The summed E-state index contributed by atoms with van der Waals surface area (Å²) >= 11 is 1.97. The summed E-state index contributed by atoms with van der Waals surface area (Å²) in [4.78, 5) is 13.7. The van der Waals surface area contributed by atoms with Gasteiger partial charge in [0.1, 0.15) is 0 Å². The van der Waals surface area contributed by atoms with Crippen molar-refractivity contribution in [1.82, 2.24) is 0 Å². The molecule has 0 aliphatic heterocycles. The van der Waals surface area contributed by atoms with Crippen LogP contribution in [-0.4, -0.2) is 11.2 Å². The van der Waals surface area contributed by atoms with E-state index in [1.165, 1.54) is 10.5 Å². The second-order valence-electron chi connectivity index (χ2n) is 7.74. The molecule has 5 atom stereocenters. The largest absolute Gasteiger partial charge is 0.369 e. The second kappa shape index (κ2) is 4.89. The van der Waals surface area contributed by atoms with Crippen LogP contribution in [0, 0.1) is 17.3 Å².